The van der Waals surface area contributed by atoms with Crippen molar-refractivity contribution >= 4 is 0 Å². The molecule has 1 heterocycles. The third-order valence-electron chi connectivity index (χ3n) is 3.94. The molecule has 1 N–H and O–H groups in total. The van der Waals surface area contributed by atoms with Crippen molar-refractivity contribution in [3.63, 3.8) is 0 Å². The zero-order chi connectivity index (χ0) is 11.7. The minimum atomic E-state index is 0.164. The van der Waals surface area contributed by atoms with E-state index in [2.05, 4.69) is 23.5 Å². The number of methoxy groups -OCH3 is 1. The van der Waals surface area contributed by atoms with Crippen LogP contribution >= 0.6 is 0 Å². The standard InChI is InChI=1S/C14H19NO2/c1-16-13-3-2-11-4-5-14(9-12(11)8-13)10-17-7-6-15-14/h2-3,8,15H,4-7,9-10H2,1H3. The van der Waals surface area contributed by atoms with Crippen LogP contribution in [0.5, 0.6) is 5.75 Å². The molecule has 3 rings (SSSR count). The van der Waals surface area contributed by atoms with E-state index in [1.54, 1.807) is 7.11 Å². The molecule has 1 saturated heterocycles. The molecule has 92 valence electrons. The average molecular weight is 233 g/mol. The van der Waals surface area contributed by atoms with Crippen LogP contribution in [0.3, 0.4) is 0 Å². The monoisotopic (exact) mass is 233 g/mol. The lowest BCUT2D eigenvalue weighted by Gasteiger charge is -2.41. The van der Waals surface area contributed by atoms with Gasteiger partial charge in [0.2, 0.25) is 0 Å². The third kappa shape index (κ3) is 2.05. The number of hydrogen-bond acceptors (Lipinski definition) is 3. The fourth-order valence-corrected chi connectivity index (χ4v) is 2.95. The van der Waals surface area contributed by atoms with Crippen LogP contribution in [0.15, 0.2) is 18.2 Å². The zero-order valence-electron chi connectivity index (χ0n) is 10.3. The van der Waals surface area contributed by atoms with E-state index in [-0.39, 0.29) is 5.54 Å². The van der Waals surface area contributed by atoms with Crippen molar-refractivity contribution in [2.24, 2.45) is 0 Å². The molecule has 1 aromatic carbocycles. The van der Waals surface area contributed by atoms with E-state index in [1.807, 2.05) is 0 Å². The summed E-state index contributed by atoms with van der Waals surface area (Å²) in [5.41, 5.74) is 3.04. The number of fused-ring (bicyclic) bond motifs is 1. The predicted octanol–water partition coefficient (Wildman–Crippen LogP) is 1.54. The Kier molecular flexibility index (Phi) is 2.81. The van der Waals surface area contributed by atoms with Crippen molar-refractivity contribution in [2.45, 2.75) is 24.8 Å². The quantitative estimate of drug-likeness (QED) is 0.798. The van der Waals surface area contributed by atoms with Crippen LogP contribution in [-0.4, -0.2) is 32.4 Å². The van der Waals surface area contributed by atoms with Crippen LogP contribution in [0.4, 0.5) is 0 Å². The molecule has 1 unspecified atom stereocenters. The van der Waals surface area contributed by atoms with Gasteiger partial charge in [0.05, 0.1) is 20.3 Å². The van der Waals surface area contributed by atoms with Gasteiger partial charge in [-0.1, -0.05) is 6.07 Å². The minimum Gasteiger partial charge on any atom is -0.497 e. The number of aryl methyl sites for hydroxylation is 1. The summed E-state index contributed by atoms with van der Waals surface area (Å²) in [6, 6.07) is 6.43. The summed E-state index contributed by atoms with van der Waals surface area (Å²) in [6.45, 7) is 2.65. The lowest BCUT2D eigenvalue weighted by Crippen LogP contribution is -2.57. The van der Waals surface area contributed by atoms with Crippen LogP contribution < -0.4 is 10.1 Å². The van der Waals surface area contributed by atoms with Gasteiger partial charge in [-0.25, -0.2) is 0 Å². The van der Waals surface area contributed by atoms with Crippen LogP contribution in [0.1, 0.15) is 17.5 Å². The van der Waals surface area contributed by atoms with Crippen LogP contribution in [0.25, 0.3) is 0 Å². The molecule has 0 bridgehead atoms. The highest BCUT2D eigenvalue weighted by Crippen LogP contribution is 2.32. The number of hydrogen-bond donors (Lipinski definition) is 1. The second-order valence-electron chi connectivity index (χ2n) is 5.07. The maximum Gasteiger partial charge on any atom is 0.119 e. The molecule has 0 amide bonds. The molecule has 1 fully saturated rings. The van der Waals surface area contributed by atoms with E-state index in [9.17, 15) is 0 Å². The first-order valence-corrected chi connectivity index (χ1v) is 6.30. The fraction of sp³-hybridized carbons (Fsp3) is 0.571. The van der Waals surface area contributed by atoms with Crippen molar-refractivity contribution in [2.75, 3.05) is 26.9 Å². The Morgan fingerprint density at radius 3 is 3.06 bits per heavy atom. The smallest absolute Gasteiger partial charge is 0.119 e. The Hall–Kier alpha value is -1.06. The van der Waals surface area contributed by atoms with Gasteiger partial charge in [-0.15, -0.1) is 0 Å². The number of rotatable bonds is 1. The molecule has 1 atom stereocenters. The number of benzene rings is 1. The topological polar surface area (TPSA) is 30.5 Å². The summed E-state index contributed by atoms with van der Waals surface area (Å²) >= 11 is 0. The lowest BCUT2D eigenvalue weighted by atomic mass is 9.78. The third-order valence-corrected chi connectivity index (χ3v) is 3.94. The molecular weight excluding hydrogens is 214 g/mol. The molecule has 2 aliphatic rings. The molecule has 1 aliphatic heterocycles. The van der Waals surface area contributed by atoms with Gasteiger partial charge in [-0.05, 0) is 42.5 Å². The Labute approximate surface area is 102 Å². The molecule has 3 nitrogen and oxygen atoms in total. The highest BCUT2D eigenvalue weighted by atomic mass is 16.5. The molecule has 17 heavy (non-hydrogen) atoms. The van der Waals surface area contributed by atoms with Crippen molar-refractivity contribution in [1.29, 1.82) is 0 Å². The molecule has 1 spiro atoms. The van der Waals surface area contributed by atoms with Crippen molar-refractivity contribution < 1.29 is 9.47 Å². The molecule has 0 radical (unpaired) electrons. The largest absolute Gasteiger partial charge is 0.497 e. The minimum absolute atomic E-state index is 0.164. The van der Waals surface area contributed by atoms with Gasteiger partial charge in [-0.2, -0.15) is 0 Å². The summed E-state index contributed by atoms with van der Waals surface area (Å²) in [7, 11) is 1.72. The van der Waals surface area contributed by atoms with Crippen molar-refractivity contribution in [3.8, 4) is 5.75 Å². The Balaban J connectivity index is 1.87. The van der Waals surface area contributed by atoms with Crippen LogP contribution in [-0.2, 0) is 17.6 Å². The van der Waals surface area contributed by atoms with Gasteiger partial charge < -0.3 is 14.8 Å². The van der Waals surface area contributed by atoms with Gasteiger partial charge in [0, 0.05) is 12.1 Å². The maximum absolute atomic E-state index is 5.64. The van der Waals surface area contributed by atoms with Gasteiger partial charge in [0.15, 0.2) is 0 Å². The highest BCUT2D eigenvalue weighted by molar-refractivity contribution is 5.39. The summed E-state index contributed by atoms with van der Waals surface area (Å²) in [6.07, 6.45) is 3.36. The summed E-state index contributed by atoms with van der Waals surface area (Å²) in [4.78, 5) is 0. The van der Waals surface area contributed by atoms with Gasteiger partial charge in [-0.3, -0.25) is 0 Å². The Bertz CT molecular complexity index is 411. The van der Waals surface area contributed by atoms with E-state index >= 15 is 0 Å². The van der Waals surface area contributed by atoms with E-state index in [4.69, 9.17) is 9.47 Å². The molecule has 3 heteroatoms. The fourth-order valence-electron chi connectivity index (χ4n) is 2.95. The maximum atomic E-state index is 5.64. The predicted molar refractivity (Wildman–Crippen MR) is 66.6 cm³/mol. The van der Waals surface area contributed by atoms with E-state index in [0.717, 1.165) is 38.3 Å². The lowest BCUT2D eigenvalue weighted by molar-refractivity contribution is 0.0206. The first-order chi connectivity index (χ1) is 8.31. The Morgan fingerprint density at radius 2 is 2.29 bits per heavy atom. The van der Waals surface area contributed by atoms with Gasteiger partial charge in [0.25, 0.3) is 0 Å². The van der Waals surface area contributed by atoms with Crippen LogP contribution in [0, 0.1) is 0 Å². The molecule has 1 aliphatic carbocycles. The first kappa shape index (κ1) is 11.1. The van der Waals surface area contributed by atoms with Gasteiger partial charge >= 0.3 is 0 Å². The molecule has 1 aromatic rings. The zero-order valence-corrected chi connectivity index (χ0v) is 10.3. The van der Waals surface area contributed by atoms with E-state index in [0.29, 0.717) is 0 Å². The highest BCUT2D eigenvalue weighted by Gasteiger charge is 2.36. The second-order valence-corrected chi connectivity index (χ2v) is 5.07. The van der Waals surface area contributed by atoms with Crippen LogP contribution in [0.2, 0.25) is 0 Å². The van der Waals surface area contributed by atoms with E-state index in [1.165, 1.54) is 17.5 Å². The first-order valence-electron chi connectivity index (χ1n) is 6.30. The summed E-state index contributed by atoms with van der Waals surface area (Å²) < 4.78 is 10.9. The number of ether oxygens (including phenoxy) is 2. The van der Waals surface area contributed by atoms with Gasteiger partial charge in [0.1, 0.15) is 5.75 Å². The SMILES string of the molecule is COc1ccc2c(c1)CC1(CC2)COCCN1. The van der Waals surface area contributed by atoms with Crippen molar-refractivity contribution in [3.05, 3.63) is 29.3 Å². The second kappa shape index (κ2) is 4.31. The summed E-state index contributed by atoms with van der Waals surface area (Å²) in [5, 5.41) is 3.65. The normalized spacial score (nSPS) is 27.8. The summed E-state index contributed by atoms with van der Waals surface area (Å²) in [5.74, 6) is 0.956. The average Bonchev–Trinajstić information content (AvgIpc) is 2.39. The Morgan fingerprint density at radius 1 is 1.35 bits per heavy atom. The number of morpholine rings is 1. The molecule has 0 aromatic heterocycles. The molecular formula is C14H19NO2. The van der Waals surface area contributed by atoms with E-state index < -0.39 is 0 Å². The molecule has 0 saturated carbocycles. The number of nitrogens with one attached hydrogen (secondary N) is 1. The van der Waals surface area contributed by atoms with Crippen molar-refractivity contribution in [1.82, 2.24) is 5.32 Å².